The number of rotatable bonds is 4. The van der Waals surface area contributed by atoms with Crippen LogP contribution in [0.15, 0.2) is 59.2 Å². The molecule has 4 nitrogen and oxygen atoms in total. The van der Waals surface area contributed by atoms with Crippen molar-refractivity contribution in [2.75, 3.05) is 26.2 Å². The van der Waals surface area contributed by atoms with Crippen molar-refractivity contribution in [2.24, 2.45) is 0 Å². The molecule has 2 aromatic rings. The van der Waals surface area contributed by atoms with Crippen LogP contribution in [0.5, 0.6) is 0 Å². The molecule has 124 valence electrons. The van der Waals surface area contributed by atoms with Gasteiger partial charge in [-0.25, -0.2) is 0 Å². The van der Waals surface area contributed by atoms with E-state index in [0.717, 1.165) is 48.5 Å². The number of piperazine rings is 1. The van der Waals surface area contributed by atoms with E-state index in [-0.39, 0.29) is 5.91 Å². The first-order valence-electron chi connectivity index (χ1n) is 8.06. The van der Waals surface area contributed by atoms with Gasteiger partial charge in [0.05, 0.1) is 5.69 Å². The average molecular weight is 386 g/mol. The number of hydrogen-bond acceptors (Lipinski definition) is 3. The van der Waals surface area contributed by atoms with Crippen molar-refractivity contribution >= 4 is 27.9 Å². The monoisotopic (exact) mass is 385 g/mol. The number of hydrogen-bond donors (Lipinski definition) is 0. The van der Waals surface area contributed by atoms with Gasteiger partial charge in [-0.2, -0.15) is 0 Å². The lowest BCUT2D eigenvalue weighted by Gasteiger charge is -2.34. The molecular weight excluding hydrogens is 366 g/mol. The first-order chi connectivity index (χ1) is 11.7. The Morgan fingerprint density at radius 3 is 2.54 bits per heavy atom. The van der Waals surface area contributed by atoms with Crippen molar-refractivity contribution < 1.29 is 4.79 Å². The van der Waals surface area contributed by atoms with Crippen molar-refractivity contribution in [3.05, 3.63) is 70.5 Å². The second-order valence-corrected chi connectivity index (χ2v) is 6.63. The third-order valence-corrected chi connectivity index (χ3v) is 4.83. The number of amides is 1. The first-order valence-corrected chi connectivity index (χ1v) is 8.85. The molecule has 0 radical (unpaired) electrons. The Bertz CT molecular complexity index is 710. The Morgan fingerprint density at radius 2 is 1.83 bits per heavy atom. The first kappa shape index (κ1) is 16.9. The number of carbonyl (C=O) groups is 1. The van der Waals surface area contributed by atoms with Crippen LogP contribution in [0.4, 0.5) is 0 Å². The highest BCUT2D eigenvalue weighted by Crippen LogP contribution is 2.17. The zero-order valence-corrected chi connectivity index (χ0v) is 15.0. The Morgan fingerprint density at radius 1 is 1.08 bits per heavy atom. The highest BCUT2D eigenvalue weighted by atomic mass is 79.9. The Kier molecular flexibility index (Phi) is 5.77. The summed E-state index contributed by atoms with van der Waals surface area (Å²) in [6.07, 6.45) is 5.35. The summed E-state index contributed by atoms with van der Waals surface area (Å²) in [5.74, 6) is 0.0724. The third-order valence-electron chi connectivity index (χ3n) is 4.11. The van der Waals surface area contributed by atoms with Crippen molar-refractivity contribution in [3.8, 4) is 0 Å². The summed E-state index contributed by atoms with van der Waals surface area (Å²) < 4.78 is 0.995. The van der Waals surface area contributed by atoms with E-state index in [2.05, 4.69) is 25.8 Å². The SMILES string of the molecule is O=C(/C=C/c1ccccc1Br)N1CCN(Cc2ccccn2)CC1. The smallest absolute Gasteiger partial charge is 0.246 e. The lowest BCUT2D eigenvalue weighted by atomic mass is 10.2. The molecule has 1 amide bonds. The normalized spacial score (nSPS) is 15.8. The lowest BCUT2D eigenvalue weighted by molar-refractivity contribution is -0.127. The maximum atomic E-state index is 12.3. The molecule has 0 saturated carbocycles. The van der Waals surface area contributed by atoms with Gasteiger partial charge < -0.3 is 4.90 Å². The summed E-state index contributed by atoms with van der Waals surface area (Å²) in [4.78, 5) is 20.9. The quantitative estimate of drug-likeness (QED) is 0.758. The number of nitrogens with zero attached hydrogens (tertiary/aromatic N) is 3. The van der Waals surface area contributed by atoms with Crippen LogP contribution in [0.1, 0.15) is 11.3 Å². The maximum Gasteiger partial charge on any atom is 0.246 e. The molecule has 24 heavy (non-hydrogen) atoms. The van der Waals surface area contributed by atoms with Crippen LogP contribution in [-0.2, 0) is 11.3 Å². The van der Waals surface area contributed by atoms with Crippen LogP contribution in [0, 0.1) is 0 Å². The van der Waals surface area contributed by atoms with Gasteiger partial charge in [0.2, 0.25) is 5.91 Å². The van der Waals surface area contributed by atoms with Gasteiger partial charge in [0, 0.05) is 49.5 Å². The fraction of sp³-hybridized carbons (Fsp3) is 0.263. The molecule has 0 bridgehead atoms. The summed E-state index contributed by atoms with van der Waals surface area (Å²) in [5.41, 5.74) is 2.09. The van der Waals surface area contributed by atoms with Crippen LogP contribution in [0.25, 0.3) is 6.08 Å². The van der Waals surface area contributed by atoms with Gasteiger partial charge in [-0.3, -0.25) is 14.7 Å². The van der Waals surface area contributed by atoms with E-state index >= 15 is 0 Å². The number of pyridine rings is 1. The fourth-order valence-electron chi connectivity index (χ4n) is 2.72. The number of carbonyl (C=O) groups excluding carboxylic acids is 1. The highest BCUT2D eigenvalue weighted by molar-refractivity contribution is 9.10. The molecule has 0 atom stereocenters. The van der Waals surface area contributed by atoms with Gasteiger partial charge in [-0.1, -0.05) is 40.2 Å². The van der Waals surface area contributed by atoms with E-state index in [1.807, 2.05) is 59.6 Å². The minimum absolute atomic E-state index is 0.0724. The van der Waals surface area contributed by atoms with Crippen LogP contribution >= 0.6 is 15.9 Å². The van der Waals surface area contributed by atoms with Crippen molar-refractivity contribution in [2.45, 2.75) is 6.54 Å². The van der Waals surface area contributed by atoms with Gasteiger partial charge in [0.25, 0.3) is 0 Å². The minimum Gasteiger partial charge on any atom is -0.337 e. The molecular formula is C19H20BrN3O. The Labute approximate surface area is 150 Å². The number of halogens is 1. The minimum atomic E-state index is 0.0724. The molecule has 0 aliphatic carbocycles. The fourth-order valence-corrected chi connectivity index (χ4v) is 3.14. The summed E-state index contributed by atoms with van der Waals surface area (Å²) >= 11 is 3.49. The third kappa shape index (κ3) is 4.52. The zero-order valence-electron chi connectivity index (χ0n) is 13.4. The molecule has 0 unspecified atom stereocenters. The van der Waals surface area contributed by atoms with Crippen LogP contribution < -0.4 is 0 Å². The molecule has 2 heterocycles. The summed E-state index contributed by atoms with van der Waals surface area (Å²) in [7, 11) is 0. The molecule has 0 N–H and O–H groups in total. The Hall–Kier alpha value is -1.98. The average Bonchev–Trinajstić information content (AvgIpc) is 2.62. The van der Waals surface area contributed by atoms with Crippen LogP contribution in [0.2, 0.25) is 0 Å². The molecule has 1 fully saturated rings. The second-order valence-electron chi connectivity index (χ2n) is 5.78. The molecule has 5 heteroatoms. The van der Waals surface area contributed by atoms with E-state index in [9.17, 15) is 4.79 Å². The van der Waals surface area contributed by atoms with Gasteiger partial charge in [-0.15, -0.1) is 0 Å². The van der Waals surface area contributed by atoms with Crippen molar-refractivity contribution in [1.82, 2.24) is 14.8 Å². The molecule has 1 saturated heterocycles. The van der Waals surface area contributed by atoms with Gasteiger partial charge >= 0.3 is 0 Å². The highest BCUT2D eigenvalue weighted by Gasteiger charge is 2.19. The van der Waals surface area contributed by atoms with Crippen LogP contribution in [-0.4, -0.2) is 46.9 Å². The molecule has 3 rings (SSSR count). The Balaban J connectivity index is 1.51. The van der Waals surface area contributed by atoms with Crippen molar-refractivity contribution in [3.63, 3.8) is 0 Å². The zero-order chi connectivity index (χ0) is 16.8. The topological polar surface area (TPSA) is 36.4 Å². The van der Waals surface area contributed by atoms with Gasteiger partial charge in [0.15, 0.2) is 0 Å². The molecule has 1 aromatic heterocycles. The maximum absolute atomic E-state index is 12.3. The lowest BCUT2D eigenvalue weighted by Crippen LogP contribution is -2.47. The molecule has 1 aliphatic rings. The predicted molar refractivity (Wildman–Crippen MR) is 99.3 cm³/mol. The number of aromatic nitrogens is 1. The van der Waals surface area contributed by atoms with E-state index < -0.39 is 0 Å². The van der Waals surface area contributed by atoms with Crippen LogP contribution in [0.3, 0.4) is 0 Å². The predicted octanol–water partition coefficient (Wildman–Crippen LogP) is 3.20. The second kappa shape index (κ2) is 8.22. The molecule has 1 aliphatic heterocycles. The van der Waals surface area contributed by atoms with E-state index in [4.69, 9.17) is 0 Å². The standard InChI is InChI=1S/C19H20BrN3O/c20-18-7-2-1-5-16(18)8-9-19(24)23-13-11-22(12-14-23)15-17-6-3-4-10-21-17/h1-10H,11-15H2/b9-8+. The van der Waals surface area contributed by atoms with Gasteiger partial charge in [-0.05, 0) is 29.8 Å². The number of benzene rings is 1. The van der Waals surface area contributed by atoms with Crippen molar-refractivity contribution in [1.29, 1.82) is 0 Å². The van der Waals surface area contributed by atoms with E-state index in [0.29, 0.717) is 0 Å². The van der Waals surface area contributed by atoms with E-state index in [1.54, 1.807) is 6.08 Å². The summed E-state index contributed by atoms with van der Waals surface area (Å²) in [5, 5.41) is 0. The summed E-state index contributed by atoms with van der Waals surface area (Å²) in [6.45, 7) is 4.12. The molecule has 0 spiro atoms. The van der Waals surface area contributed by atoms with E-state index in [1.165, 1.54) is 0 Å². The largest absolute Gasteiger partial charge is 0.337 e. The molecule has 1 aromatic carbocycles. The summed E-state index contributed by atoms with van der Waals surface area (Å²) in [6, 6.07) is 13.9. The van der Waals surface area contributed by atoms with Gasteiger partial charge in [0.1, 0.15) is 0 Å².